The minimum Gasteiger partial charge on any atom is -0.462 e. The second kappa shape index (κ2) is 59.8. The average Bonchev–Trinajstić information content (AvgIpc) is 3.65. The van der Waals surface area contributed by atoms with Gasteiger partial charge in [-0.2, -0.15) is 0 Å². The van der Waals surface area contributed by atoms with Crippen molar-refractivity contribution in [3.8, 4) is 0 Å². The number of carbonyl (C=O) groups excluding carboxylic acids is 4. The highest BCUT2D eigenvalue weighted by Crippen LogP contribution is 2.45. The summed E-state index contributed by atoms with van der Waals surface area (Å²) >= 11 is 0. The molecule has 528 valence electrons. The van der Waals surface area contributed by atoms with E-state index >= 15 is 0 Å². The minimum absolute atomic E-state index is 0.102. The van der Waals surface area contributed by atoms with Crippen molar-refractivity contribution >= 4 is 39.5 Å². The second-order valence-electron chi connectivity index (χ2n) is 26.9. The number of hydrogen-bond donors (Lipinski definition) is 3. The second-order valence-corrected chi connectivity index (χ2v) is 29.8. The largest absolute Gasteiger partial charge is 0.472 e. The zero-order valence-corrected chi connectivity index (χ0v) is 59.8. The Balaban J connectivity index is 5.25. The predicted octanol–water partition coefficient (Wildman–Crippen LogP) is 19.7. The number of phosphoric acid groups is 2. The van der Waals surface area contributed by atoms with Gasteiger partial charge in [0.1, 0.15) is 19.3 Å². The lowest BCUT2D eigenvalue weighted by molar-refractivity contribution is -0.161. The smallest absolute Gasteiger partial charge is 0.462 e. The summed E-state index contributed by atoms with van der Waals surface area (Å²) in [7, 11) is -9.90. The van der Waals surface area contributed by atoms with Gasteiger partial charge >= 0.3 is 39.5 Å². The van der Waals surface area contributed by atoms with E-state index in [0.29, 0.717) is 31.6 Å². The average molecular weight is 1310 g/mol. The maximum absolute atomic E-state index is 13.0. The van der Waals surface area contributed by atoms with E-state index in [1.165, 1.54) is 141 Å². The summed E-state index contributed by atoms with van der Waals surface area (Å²) in [5, 5.41) is 10.6. The molecule has 0 aliphatic carbocycles. The van der Waals surface area contributed by atoms with Gasteiger partial charge in [0.05, 0.1) is 26.4 Å². The molecule has 0 fully saturated rings. The first kappa shape index (κ1) is 87.1. The third-order valence-corrected chi connectivity index (χ3v) is 18.3. The van der Waals surface area contributed by atoms with Crippen molar-refractivity contribution in [3.05, 3.63) is 0 Å². The Morgan fingerprint density at radius 2 is 0.539 bits per heavy atom. The van der Waals surface area contributed by atoms with Crippen LogP contribution in [0.5, 0.6) is 0 Å². The van der Waals surface area contributed by atoms with Gasteiger partial charge in [-0.3, -0.25) is 37.3 Å². The van der Waals surface area contributed by atoms with E-state index in [1.807, 2.05) is 0 Å². The van der Waals surface area contributed by atoms with Gasteiger partial charge in [-0.15, -0.1) is 0 Å². The topological polar surface area (TPSA) is 237 Å². The molecule has 0 saturated carbocycles. The third-order valence-electron chi connectivity index (χ3n) is 16.4. The van der Waals surface area contributed by atoms with E-state index in [2.05, 4.69) is 55.4 Å². The lowest BCUT2D eigenvalue weighted by Crippen LogP contribution is -2.30. The van der Waals surface area contributed by atoms with Crippen molar-refractivity contribution in [2.45, 2.75) is 363 Å². The van der Waals surface area contributed by atoms with E-state index in [4.69, 9.17) is 37.0 Å². The summed E-state index contributed by atoms with van der Waals surface area (Å²) in [4.78, 5) is 72.5. The molecule has 0 aliphatic rings. The number of esters is 4. The molecule has 17 nitrogen and oxygen atoms in total. The first-order valence-corrected chi connectivity index (χ1v) is 39.2. The van der Waals surface area contributed by atoms with E-state index in [1.54, 1.807) is 0 Å². The van der Waals surface area contributed by atoms with E-state index < -0.39 is 97.5 Å². The molecule has 0 aromatic rings. The minimum atomic E-state index is -4.95. The van der Waals surface area contributed by atoms with Gasteiger partial charge in [0, 0.05) is 25.7 Å². The molecule has 4 unspecified atom stereocenters. The van der Waals surface area contributed by atoms with Crippen LogP contribution in [0.1, 0.15) is 344 Å². The zero-order chi connectivity index (χ0) is 66.1. The number of aliphatic hydroxyl groups is 1. The lowest BCUT2D eigenvalue weighted by atomic mass is 10.00. The van der Waals surface area contributed by atoms with Gasteiger partial charge in [0.2, 0.25) is 0 Å². The number of unbranched alkanes of at least 4 members (excludes halogenated alkanes) is 32. The van der Waals surface area contributed by atoms with Gasteiger partial charge in [-0.1, -0.05) is 293 Å². The highest BCUT2D eigenvalue weighted by molar-refractivity contribution is 7.47. The van der Waals surface area contributed by atoms with Crippen molar-refractivity contribution in [2.75, 3.05) is 39.6 Å². The van der Waals surface area contributed by atoms with Crippen molar-refractivity contribution in [2.24, 2.45) is 23.7 Å². The molecule has 0 saturated heterocycles. The van der Waals surface area contributed by atoms with Crippen LogP contribution in [0.2, 0.25) is 0 Å². The fourth-order valence-electron chi connectivity index (χ4n) is 10.5. The summed E-state index contributed by atoms with van der Waals surface area (Å²) in [6.07, 6.45) is 41.8. The van der Waals surface area contributed by atoms with Crippen LogP contribution in [0.3, 0.4) is 0 Å². The first-order chi connectivity index (χ1) is 42.6. The number of rotatable bonds is 67. The standard InChI is InChI=1S/C70H136O17P2/c1-9-63(8)49-41-33-28-29-37-45-53-70(75)87-66(57-81-68(73)51-43-35-27-21-24-32-40-48-62(6)7)59-85-89(78,79)83-55-64(71)54-82-88(76,77)84-58-65(86-69(74)52-44-36-26-20-16-12-14-18-23-31-39-47-61(4)5)56-80-67(72)50-42-34-25-19-15-11-10-13-17-22-30-38-46-60(2)3/h60-66,71H,9-59H2,1-8H3,(H,76,77)(H,78,79)/t63?,64?,65-,66-/m1/s1. The monoisotopic (exact) mass is 1310 g/mol. The molecule has 0 rings (SSSR count). The third kappa shape index (κ3) is 63.2. The molecule has 0 amide bonds. The molecule has 0 aromatic heterocycles. The SMILES string of the molecule is CCC(C)CCCCCCCCC(=O)O[C@H](COC(=O)CCCCCCCCCC(C)C)COP(=O)(O)OCC(O)COP(=O)(O)OC[C@@H](COC(=O)CCCCCCCCCCCCCCC(C)C)OC(=O)CCCCCCCCCCCCCC(C)C. The number of carbonyl (C=O) groups is 4. The van der Waals surface area contributed by atoms with Crippen LogP contribution in [0.25, 0.3) is 0 Å². The Hall–Kier alpha value is -1.94. The van der Waals surface area contributed by atoms with Crippen molar-refractivity contribution in [3.63, 3.8) is 0 Å². The zero-order valence-electron chi connectivity index (χ0n) is 58.1. The number of phosphoric ester groups is 2. The normalized spacial score (nSPS) is 14.6. The van der Waals surface area contributed by atoms with Crippen LogP contribution in [-0.2, 0) is 65.4 Å². The predicted molar refractivity (Wildman–Crippen MR) is 358 cm³/mol. The van der Waals surface area contributed by atoms with Gasteiger partial charge in [0.25, 0.3) is 0 Å². The van der Waals surface area contributed by atoms with Crippen molar-refractivity contribution in [1.82, 2.24) is 0 Å². The lowest BCUT2D eigenvalue weighted by Gasteiger charge is -2.21. The van der Waals surface area contributed by atoms with Crippen molar-refractivity contribution in [1.29, 1.82) is 0 Å². The van der Waals surface area contributed by atoms with Crippen LogP contribution < -0.4 is 0 Å². The van der Waals surface area contributed by atoms with Gasteiger partial charge in [-0.25, -0.2) is 9.13 Å². The first-order valence-electron chi connectivity index (χ1n) is 36.2. The van der Waals surface area contributed by atoms with Gasteiger partial charge < -0.3 is 33.8 Å². The Morgan fingerprint density at radius 1 is 0.315 bits per heavy atom. The molecule has 0 bridgehead atoms. The summed E-state index contributed by atoms with van der Waals surface area (Å²) in [5.41, 5.74) is 0. The maximum atomic E-state index is 13.0. The van der Waals surface area contributed by atoms with E-state index in [9.17, 15) is 43.2 Å². The van der Waals surface area contributed by atoms with Crippen LogP contribution in [0.15, 0.2) is 0 Å². The van der Waals surface area contributed by atoms with Gasteiger partial charge in [-0.05, 0) is 49.4 Å². The summed E-state index contributed by atoms with van der Waals surface area (Å²) < 4.78 is 68.3. The number of ether oxygens (including phenoxy) is 4. The summed E-state index contributed by atoms with van der Waals surface area (Å²) in [6.45, 7) is 14.1. The molecule has 0 heterocycles. The van der Waals surface area contributed by atoms with Crippen LogP contribution >= 0.6 is 15.6 Å². The number of hydrogen-bond acceptors (Lipinski definition) is 15. The summed E-state index contributed by atoms with van der Waals surface area (Å²) in [5.74, 6) is 0.840. The fourth-order valence-corrected chi connectivity index (χ4v) is 12.0. The highest BCUT2D eigenvalue weighted by Gasteiger charge is 2.30. The van der Waals surface area contributed by atoms with Crippen LogP contribution in [0, 0.1) is 23.7 Å². The fraction of sp³-hybridized carbons (Fsp3) is 0.943. The molecule has 0 aromatic carbocycles. The van der Waals surface area contributed by atoms with Crippen LogP contribution in [-0.4, -0.2) is 96.7 Å². The molecular weight excluding hydrogens is 1170 g/mol. The quantitative estimate of drug-likeness (QED) is 0.0222. The molecule has 6 atom stereocenters. The van der Waals surface area contributed by atoms with E-state index in [-0.39, 0.29) is 25.7 Å². The molecule has 89 heavy (non-hydrogen) atoms. The molecular formula is C70H136O17P2. The highest BCUT2D eigenvalue weighted by atomic mass is 31.2. The molecule has 0 radical (unpaired) electrons. The molecule has 3 N–H and O–H groups in total. The van der Waals surface area contributed by atoms with E-state index in [0.717, 1.165) is 114 Å². The maximum Gasteiger partial charge on any atom is 0.472 e. The Labute approximate surface area is 543 Å². The molecule has 0 spiro atoms. The van der Waals surface area contributed by atoms with Crippen LogP contribution in [0.4, 0.5) is 0 Å². The Morgan fingerprint density at radius 3 is 0.798 bits per heavy atom. The number of aliphatic hydroxyl groups excluding tert-OH is 1. The Kier molecular flexibility index (Phi) is 58.5. The molecule has 19 heteroatoms. The Bertz CT molecular complexity index is 1770. The van der Waals surface area contributed by atoms with Gasteiger partial charge in [0.15, 0.2) is 12.2 Å². The summed E-state index contributed by atoms with van der Waals surface area (Å²) in [6, 6.07) is 0. The van der Waals surface area contributed by atoms with Crippen molar-refractivity contribution < 1.29 is 80.2 Å². The molecule has 0 aliphatic heterocycles.